The maximum absolute atomic E-state index is 13.4. The smallest absolute Gasteiger partial charge is 0.272 e. The molecule has 0 unspecified atom stereocenters. The Balaban J connectivity index is 1.23. The number of halogens is 1. The third kappa shape index (κ3) is 5.23. The van der Waals surface area contributed by atoms with Crippen LogP contribution in [0.1, 0.15) is 59.1 Å². The van der Waals surface area contributed by atoms with Crippen molar-refractivity contribution >= 4 is 35.0 Å². The second-order valence-electron chi connectivity index (χ2n) is 10.1. The van der Waals surface area contributed by atoms with Crippen molar-refractivity contribution < 1.29 is 19.1 Å². The Kier molecular flexibility index (Phi) is 7.50. The first-order valence-corrected chi connectivity index (χ1v) is 13.3. The fourth-order valence-corrected chi connectivity index (χ4v) is 6.08. The predicted molar refractivity (Wildman–Crippen MR) is 139 cm³/mol. The number of hydrogen-bond acceptors (Lipinski definition) is 6. The zero-order chi connectivity index (χ0) is 26.0. The monoisotopic (exact) mass is 528 g/mol. The molecule has 198 valence electrons. The number of carbonyl (C=O) groups is 3. The summed E-state index contributed by atoms with van der Waals surface area (Å²) in [5.74, 6) is -0.953. The van der Waals surface area contributed by atoms with Crippen LogP contribution < -0.4 is 16.0 Å². The van der Waals surface area contributed by atoms with Crippen LogP contribution in [0.25, 0.3) is 0 Å². The number of imidazole rings is 1. The van der Waals surface area contributed by atoms with Gasteiger partial charge in [0.15, 0.2) is 5.69 Å². The summed E-state index contributed by atoms with van der Waals surface area (Å²) in [6, 6.07) is 7.33. The highest BCUT2D eigenvalue weighted by Gasteiger charge is 2.49. The van der Waals surface area contributed by atoms with Gasteiger partial charge in [-0.15, -0.1) is 0 Å². The molecule has 3 heterocycles. The number of amides is 3. The fraction of sp³-hybridized carbons (Fsp3) is 0.538. The number of nitrogens with two attached hydrogens (primary N) is 1. The minimum atomic E-state index is -0.680. The SMILES string of the molecule is NC(=O)c1c(C(=O)NCCN2CCOCC2)ncn1C1CCC2(CC1)CCN(c1cccc(Cl)c1)C2=O. The maximum Gasteiger partial charge on any atom is 0.272 e. The van der Waals surface area contributed by atoms with Gasteiger partial charge in [0.1, 0.15) is 5.69 Å². The molecule has 0 bridgehead atoms. The lowest BCUT2D eigenvalue weighted by atomic mass is 9.71. The van der Waals surface area contributed by atoms with E-state index < -0.39 is 17.2 Å². The van der Waals surface area contributed by atoms with E-state index in [0.717, 1.165) is 25.2 Å². The summed E-state index contributed by atoms with van der Waals surface area (Å²) in [7, 11) is 0. The number of nitrogens with one attached hydrogen (secondary N) is 1. The Morgan fingerprint density at radius 3 is 2.62 bits per heavy atom. The van der Waals surface area contributed by atoms with E-state index >= 15 is 0 Å². The van der Waals surface area contributed by atoms with E-state index in [2.05, 4.69) is 15.2 Å². The fourth-order valence-electron chi connectivity index (χ4n) is 5.89. The van der Waals surface area contributed by atoms with Gasteiger partial charge in [-0.3, -0.25) is 19.3 Å². The number of primary amides is 1. The second kappa shape index (κ2) is 10.8. The topological polar surface area (TPSA) is 123 Å². The first-order chi connectivity index (χ1) is 17.9. The normalized spacial score (nSPS) is 24.5. The Morgan fingerprint density at radius 1 is 1.16 bits per heavy atom. The first kappa shape index (κ1) is 25.7. The van der Waals surface area contributed by atoms with E-state index in [1.165, 1.54) is 6.33 Å². The zero-order valence-corrected chi connectivity index (χ0v) is 21.6. The lowest BCUT2D eigenvalue weighted by Crippen LogP contribution is -2.41. The standard InChI is InChI=1S/C26H33ClN6O4/c27-18-2-1-3-20(16-18)32-10-8-26(25(32)36)6-4-19(5-7-26)33-17-30-21(22(33)23(28)34)24(35)29-9-11-31-12-14-37-15-13-31/h1-3,16-17,19H,4-15H2,(H2,28,34)(H,29,35). The highest BCUT2D eigenvalue weighted by molar-refractivity contribution is 6.31. The van der Waals surface area contributed by atoms with Crippen molar-refractivity contribution in [2.45, 2.75) is 38.1 Å². The molecule has 2 saturated heterocycles. The van der Waals surface area contributed by atoms with Crippen LogP contribution in [0.15, 0.2) is 30.6 Å². The second-order valence-corrected chi connectivity index (χ2v) is 10.6. The van der Waals surface area contributed by atoms with Crippen molar-refractivity contribution in [3.05, 3.63) is 47.0 Å². The van der Waals surface area contributed by atoms with Crippen LogP contribution in [0.3, 0.4) is 0 Å². The maximum atomic E-state index is 13.4. The summed E-state index contributed by atoms with van der Waals surface area (Å²) in [5.41, 5.74) is 6.31. The molecular formula is C26H33ClN6O4. The van der Waals surface area contributed by atoms with Crippen LogP contribution in [-0.2, 0) is 9.53 Å². The molecule has 11 heteroatoms. The predicted octanol–water partition coefficient (Wildman–Crippen LogP) is 2.24. The van der Waals surface area contributed by atoms with Crippen molar-refractivity contribution in [1.82, 2.24) is 19.8 Å². The van der Waals surface area contributed by atoms with Gasteiger partial charge in [0.2, 0.25) is 5.91 Å². The molecule has 0 radical (unpaired) electrons. The summed E-state index contributed by atoms with van der Waals surface area (Å²) in [5, 5.41) is 3.47. The number of aromatic nitrogens is 2. The molecule has 1 saturated carbocycles. The number of morpholine rings is 1. The van der Waals surface area contributed by atoms with E-state index in [0.29, 0.717) is 63.6 Å². The summed E-state index contributed by atoms with van der Waals surface area (Å²) in [6.45, 7) is 4.86. The summed E-state index contributed by atoms with van der Waals surface area (Å²) < 4.78 is 7.08. The van der Waals surface area contributed by atoms with Crippen LogP contribution in [0.4, 0.5) is 5.69 Å². The Hall–Kier alpha value is -2.95. The Morgan fingerprint density at radius 2 is 1.92 bits per heavy atom. The van der Waals surface area contributed by atoms with Gasteiger partial charge in [0, 0.05) is 49.5 Å². The molecule has 10 nitrogen and oxygen atoms in total. The van der Waals surface area contributed by atoms with Gasteiger partial charge in [-0.2, -0.15) is 0 Å². The molecule has 0 atom stereocenters. The number of nitrogens with zero attached hydrogens (tertiary/aromatic N) is 4. The van der Waals surface area contributed by atoms with Crippen LogP contribution in [-0.4, -0.2) is 78.1 Å². The zero-order valence-electron chi connectivity index (χ0n) is 20.8. The van der Waals surface area contributed by atoms with E-state index in [1.54, 1.807) is 10.6 Å². The van der Waals surface area contributed by atoms with Crippen LogP contribution in [0.2, 0.25) is 5.02 Å². The molecule has 3 amide bonds. The highest BCUT2D eigenvalue weighted by atomic mass is 35.5. The van der Waals surface area contributed by atoms with Crippen molar-refractivity contribution in [3.63, 3.8) is 0 Å². The molecule has 1 aromatic heterocycles. The number of anilines is 1. The Labute approximate surface area is 221 Å². The average molecular weight is 529 g/mol. The number of ether oxygens (including phenoxy) is 1. The van der Waals surface area contributed by atoms with Gasteiger partial charge in [-0.1, -0.05) is 17.7 Å². The average Bonchev–Trinajstić information content (AvgIpc) is 3.48. The molecular weight excluding hydrogens is 496 g/mol. The minimum absolute atomic E-state index is 0.0523. The van der Waals surface area contributed by atoms with Crippen LogP contribution in [0, 0.1) is 5.41 Å². The molecule has 3 fully saturated rings. The number of rotatable bonds is 7. The van der Waals surface area contributed by atoms with Crippen molar-refractivity contribution in [2.75, 3.05) is 50.8 Å². The number of carbonyl (C=O) groups excluding carboxylic acids is 3. The molecule has 3 N–H and O–H groups in total. The molecule has 5 rings (SSSR count). The summed E-state index contributed by atoms with van der Waals surface area (Å²) in [4.78, 5) is 47.0. The van der Waals surface area contributed by atoms with Crippen molar-refractivity contribution in [3.8, 4) is 0 Å². The highest BCUT2D eigenvalue weighted by Crippen LogP contribution is 2.49. The third-order valence-corrected chi connectivity index (χ3v) is 8.23. The van der Waals surface area contributed by atoms with Gasteiger partial charge in [-0.05, 0) is 50.3 Å². The summed E-state index contributed by atoms with van der Waals surface area (Å²) >= 11 is 6.14. The number of hydrogen-bond donors (Lipinski definition) is 2. The van der Waals surface area contributed by atoms with E-state index in [9.17, 15) is 14.4 Å². The summed E-state index contributed by atoms with van der Waals surface area (Å²) in [6.07, 6.45) is 5.12. The molecule has 2 aromatic rings. The van der Waals surface area contributed by atoms with E-state index in [1.807, 2.05) is 23.1 Å². The van der Waals surface area contributed by atoms with E-state index in [-0.39, 0.29) is 23.3 Å². The van der Waals surface area contributed by atoms with Gasteiger partial charge < -0.3 is 25.3 Å². The van der Waals surface area contributed by atoms with Gasteiger partial charge in [0.05, 0.1) is 25.0 Å². The lowest BCUT2D eigenvalue weighted by molar-refractivity contribution is -0.127. The third-order valence-electron chi connectivity index (χ3n) is 8.00. The molecule has 1 aromatic carbocycles. The number of benzene rings is 1. The van der Waals surface area contributed by atoms with Crippen molar-refractivity contribution in [2.24, 2.45) is 11.1 Å². The first-order valence-electron chi connectivity index (χ1n) is 12.9. The van der Waals surface area contributed by atoms with Crippen LogP contribution >= 0.6 is 11.6 Å². The molecule has 37 heavy (non-hydrogen) atoms. The molecule has 1 spiro atoms. The van der Waals surface area contributed by atoms with Gasteiger partial charge in [-0.25, -0.2) is 4.98 Å². The lowest BCUT2D eigenvalue weighted by Gasteiger charge is -2.36. The quantitative estimate of drug-likeness (QED) is 0.568. The molecule has 2 aliphatic heterocycles. The molecule has 1 aliphatic carbocycles. The van der Waals surface area contributed by atoms with Gasteiger partial charge in [0.25, 0.3) is 11.8 Å². The Bertz CT molecular complexity index is 1170. The minimum Gasteiger partial charge on any atom is -0.379 e. The van der Waals surface area contributed by atoms with Crippen molar-refractivity contribution in [1.29, 1.82) is 0 Å². The molecule has 3 aliphatic rings. The van der Waals surface area contributed by atoms with Crippen LogP contribution in [0.5, 0.6) is 0 Å². The van der Waals surface area contributed by atoms with Gasteiger partial charge >= 0.3 is 0 Å². The van der Waals surface area contributed by atoms with E-state index in [4.69, 9.17) is 22.1 Å². The largest absolute Gasteiger partial charge is 0.379 e.